The molecule has 1 saturated heterocycles. The summed E-state index contributed by atoms with van der Waals surface area (Å²) < 4.78 is 23.7. The fourth-order valence-corrected chi connectivity index (χ4v) is 3.04. The Hall–Kier alpha value is -2.91. The van der Waals surface area contributed by atoms with E-state index in [2.05, 4.69) is 15.3 Å². The molecule has 1 aliphatic rings. The summed E-state index contributed by atoms with van der Waals surface area (Å²) in [6.07, 6.45) is 4.33. The number of hydrogen-bond acceptors (Lipinski definition) is 7. The summed E-state index contributed by atoms with van der Waals surface area (Å²) in [5, 5.41) is 2.48. The lowest BCUT2D eigenvalue weighted by atomic mass is 9.96. The van der Waals surface area contributed by atoms with Crippen LogP contribution in [0.3, 0.4) is 0 Å². The lowest BCUT2D eigenvalue weighted by Gasteiger charge is -2.32. The second kappa shape index (κ2) is 10.9. The molecule has 0 spiro atoms. The smallest absolute Gasteiger partial charge is 0.407 e. The van der Waals surface area contributed by atoms with Gasteiger partial charge in [-0.1, -0.05) is 0 Å². The third-order valence-corrected chi connectivity index (χ3v) is 4.62. The summed E-state index contributed by atoms with van der Waals surface area (Å²) >= 11 is 0. The van der Waals surface area contributed by atoms with Gasteiger partial charge in [-0.15, -0.1) is 0 Å². The molecule has 0 radical (unpaired) electrons. The van der Waals surface area contributed by atoms with E-state index in [1.807, 2.05) is 4.90 Å². The first kappa shape index (κ1) is 24.4. The van der Waals surface area contributed by atoms with Gasteiger partial charge in [0.15, 0.2) is 5.75 Å². The Kier molecular flexibility index (Phi) is 8.58. The molecule has 9 nitrogen and oxygen atoms in total. The third-order valence-electron chi connectivity index (χ3n) is 4.62. The molecule has 2 heterocycles. The Bertz CT molecular complexity index is 769. The summed E-state index contributed by atoms with van der Waals surface area (Å²) in [6.45, 7) is 6.55. The molecule has 1 aromatic rings. The minimum Gasteiger partial charge on any atom is -0.486 e. The molecule has 0 saturated carbocycles. The van der Waals surface area contributed by atoms with Gasteiger partial charge in [0.2, 0.25) is 11.9 Å². The summed E-state index contributed by atoms with van der Waals surface area (Å²) in [7, 11) is 3.54. The van der Waals surface area contributed by atoms with E-state index in [-0.39, 0.29) is 30.5 Å². The molecule has 172 valence electrons. The van der Waals surface area contributed by atoms with E-state index in [0.717, 1.165) is 12.8 Å². The van der Waals surface area contributed by atoms with Gasteiger partial charge in [-0.2, -0.15) is 0 Å². The Balaban J connectivity index is 1.79. The maximum atomic E-state index is 13.1. The monoisotopic (exact) mass is 437 g/mol. The standard InChI is InChI=1S/C21H32FN5O4/c1-21(2,3)31-20(29)25-11-15(10-22)14-30-17-12-23-19(24-13-17)27-8-6-16(7-9-27)18(28)26(4)5/h10,12-13,16H,6-9,11,14H2,1-5H3,(H,25,29)/b15-10+. The van der Waals surface area contributed by atoms with Crippen molar-refractivity contribution in [2.75, 3.05) is 45.2 Å². The van der Waals surface area contributed by atoms with E-state index in [4.69, 9.17) is 9.47 Å². The minimum absolute atomic E-state index is 0.0362. The summed E-state index contributed by atoms with van der Waals surface area (Å²) in [4.78, 5) is 36.0. The van der Waals surface area contributed by atoms with Crippen molar-refractivity contribution < 1.29 is 23.5 Å². The molecule has 31 heavy (non-hydrogen) atoms. The van der Waals surface area contributed by atoms with Gasteiger partial charge in [0.1, 0.15) is 12.2 Å². The molecule has 0 unspecified atom stereocenters. The minimum atomic E-state index is -0.629. The van der Waals surface area contributed by atoms with Gasteiger partial charge >= 0.3 is 6.09 Å². The van der Waals surface area contributed by atoms with E-state index in [1.165, 1.54) is 12.4 Å². The van der Waals surface area contributed by atoms with Crippen molar-refractivity contribution in [1.29, 1.82) is 0 Å². The number of nitrogens with zero attached hydrogens (tertiary/aromatic N) is 4. The third kappa shape index (κ3) is 8.03. The summed E-state index contributed by atoms with van der Waals surface area (Å²) in [5.41, 5.74) is -0.390. The lowest BCUT2D eigenvalue weighted by molar-refractivity contribution is -0.133. The van der Waals surface area contributed by atoms with Crippen LogP contribution < -0.4 is 15.0 Å². The number of carbonyl (C=O) groups excluding carboxylic acids is 2. The quantitative estimate of drug-likeness (QED) is 0.700. The van der Waals surface area contributed by atoms with Crippen molar-refractivity contribution in [2.24, 2.45) is 5.92 Å². The van der Waals surface area contributed by atoms with Crippen molar-refractivity contribution in [1.82, 2.24) is 20.2 Å². The predicted molar refractivity (Wildman–Crippen MR) is 115 cm³/mol. The van der Waals surface area contributed by atoms with E-state index in [0.29, 0.717) is 31.1 Å². The van der Waals surface area contributed by atoms with E-state index in [9.17, 15) is 14.0 Å². The largest absolute Gasteiger partial charge is 0.486 e. The number of alkyl carbamates (subject to hydrolysis) is 1. The maximum Gasteiger partial charge on any atom is 0.407 e. The SMILES string of the molecule is CN(C)C(=O)C1CCN(c2ncc(OC/C(=C/F)CNC(=O)OC(C)(C)C)cn2)CC1. The molecule has 1 fully saturated rings. The van der Waals surface area contributed by atoms with Crippen LogP contribution in [0, 0.1) is 5.92 Å². The van der Waals surface area contributed by atoms with E-state index in [1.54, 1.807) is 39.8 Å². The average molecular weight is 438 g/mol. The number of aromatic nitrogens is 2. The highest BCUT2D eigenvalue weighted by atomic mass is 19.1. The van der Waals surface area contributed by atoms with Crippen LogP contribution in [0.4, 0.5) is 15.1 Å². The zero-order valence-electron chi connectivity index (χ0n) is 18.9. The number of anilines is 1. The first-order valence-electron chi connectivity index (χ1n) is 10.2. The Morgan fingerprint density at radius 1 is 1.26 bits per heavy atom. The van der Waals surface area contributed by atoms with Crippen LogP contribution in [0.5, 0.6) is 5.75 Å². The van der Waals surface area contributed by atoms with E-state index >= 15 is 0 Å². The molecule has 1 N–H and O–H groups in total. The van der Waals surface area contributed by atoms with Gasteiger partial charge in [0.25, 0.3) is 0 Å². The molecular weight excluding hydrogens is 405 g/mol. The van der Waals surface area contributed by atoms with E-state index < -0.39 is 11.7 Å². The maximum absolute atomic E-state index is 13.1. The summed E-state index contributed by atoms with van der Waals surface area (Å²) in [5.74, 6) is 1.14. The van der Waals surface area contributed by atoms with Gasteiger partial charge in [-0.3, -0.25) is 4.79 Å². The molecule has 0 atom stereocenters. The van der Waals surface area contributed by atoms with Gasteiger partial charge in [0, 0.05) is 45.2 Å². The average Bonchev–Trinajstić information content (AvgIpc) is 2.72. The number of carbonyl (C=O) groups is 2. The number of halogens is 1. The summed E-state index contributed by atoms with van der Waals surface area (Å²) in [6, 6.07) is 0. The number of piperidine rings is 1. The van der Waals surface area contributed by atoms with Gasteiger partial charge in [-0.25, -0.2) is 19.2 Å². The van der Waals surface area contributed by atoms with Crippen molar-refractivity contribution in [2.45, 2.75) is 39.2 Å². The van der Waals surface area contributed by atoms with Crippen LogP contribution >= 0.6 is 0 Å². The number of ether oxygens (including phenoxy) is 2. The van der Waals surface area contributed by atoms with Gasteiger partial charge in [-0.05, 0) is 33.6 Å². The Morgan fingerprint density at radius 2 is 1.87 bits per heavy atom. The Labute approximate surface area is 182 Å². The molecule has 0 aliphatic carbocycles. The number of hydrogen-bond donors (Lipinski definition) is 1. The molecule has 1 aromatic heterocycles. The first-order chi connectivity index (χ1) is 14.6. The second-order valence-corrected chi connectivity index (χ2v) is 8.62. The molecule has 2 amide bonds. The van der Waals surface area contributed by atoms with Gasteiger partial charge < -0.3 is 24.6 Å². The number of rotatable bonds is 7. The van der Waals surface area contributed by atoms with Crippen LogP contribution in [0.2, 0.25) is 0 Å². The zero-order chi connectivity index (χ0) is 23.0. The highest BCUT2D eigenvalue weighted by Crippen LogP contribution is 2.22. The molecule has 0 aromatic carbocycles. The molecule has 10 heteroatoms. The van der Waals surface area contributed by atoms with Crippen LogP contribution in [0.1, 0.15) is 33.6 Å². The zero-order valence-corrected chi connectivity index (χ0v) is 18.9. The molecule has 1 aliphatic heterocycles. The van der Waals surface area contributed by atoms with Crippen molar-refractivity contribution in [3.63, 3.8) is 0 Å². The number of amides is 2. The number of nitrogens with one attached hydrogen (secondary N) is 1. The predicted octanol–water partition coefficient (Wildman–Crippen LogP) is 2.54. The molecular formula is C21H32FN5O4. The molecule has 2 rings (SSSR count). The van der Waals surface area contributed by atoms with Crippen molar-refractivity contribution in [3.8, 4) is 5.75 Å². The van der Waals surface area contributed by atoms with Crippen LogP contribution in [-0.4, -0.2) is 72.8 Å². The van der Waals surface area contributed by atoms with Crippen LogP contribution in [0.25, 0.3) is 0 Å². The highest BCUT2D eigenvalue weighted by molar-refractivity contribution is 5.78. The van der Waals surface area contributed by atoms with Crippen LogP contribution in [0.15, 0.2) is 24.3 Å². The normalized spacial score (nSPS) is 15.4. The highest BCUT2D eigenvalue weighted by Gasteiger charge is 2.27. The topological polar surface area (TPSA) is 96.9 Å². The van der Waals surface area contributed by atoms with Gasteiger partial charge in [0.05, 0.1) is 18.7 Å². The first-order valence-corrected chi connectivity index (χ1v) is 10.2. The van der Waals surface area contributed by atoms with Crippen molar-refractivity contribution >= 4 is 17.9 Å². The fourth-order valence-electron chi connectivity index (χ4n) is 3.04. The molecule has 0 bridgehead atoms. The fraction of sp³-hybridized carbons (Fsp3) is 0.619. The van der Waals surface area contributed by atoms with Crippen molar-refractivity contribution in [3.05, 3.63) is 24.3 Å². The Morgan fingerprint density at radius 3 is 2.39 bits per heavy atom. The second-order valence-electron chi connectivity index (χ2n) is 8.62. The van der Waals surface area contributed by atoms with Crippen LogP contribution in [-0.2, 0) is 9.53 Å². The lowest BCUT2D eigenvalue weighted by Crippen LogP contribution is -2.40.